The fourth-order valence-corrected chi connectivity index (χ4v) is 4.35. The van der Waals surface area contributed by atoms with Crippen molar-refractivity contribution in [3.8, 4) is 0 Å². The molecule has 0 radical (unpaired) electrons. The summed E-state index contributed by atoms with van der Waals surface area (Å²) in [6, 6.07) is 14.3. The predicted molar refractivity (Wildman–Crippen MR) is 99.7 cm³/mol. The summed E-state index contributed by atoms with van der Waals surface area (Å²) in [4.78, 5) is 32.1. The van der Waals surface area contributed by atoms with Crippen LogP contribution in [0.15, 0.2) is 48.7 Å². The van der Waals surface area contributed by atoms with Gasteiger partial charge in [-0.15, -0.1) is 0 Å². The number of carbonyl (C=O) groups is 2. The third kappa shape index (κ3) is 3.39. The van der Waals surface area contributed by atoms with Gasteiger partial charge in [-0.2, -0.15) is 0 Å². The highest BCUT2D eigenvalue weighted by Gasteiger charge is 2.40. The number of H-pyrrole nitrogens is 1. The van der Waals surface area contributed by atoms with Crippen molar-refractivity contribution in [2.45, 2.75) is 31.7 Å². The number of hydrogen-bond acceptors (Lipinski definition) is 2. The van der Waals surface area contributed by atoms with Crippen molar-refractivity contribution in [1.29, 1.82) is 0 Å². The van der Waals surface area contributed by atoms with Crippen LogP contribution in [0.4, 0.5) is 0 Å². The van der Waals surface area contributed by atoms with E-state index in [2.05, 4.69) is 22.0 Å². The molecule has 0 saturated carbocycles. The molecule has 0 bridgehead atoms. The van der Waals surface area contributed by atoms with Crippen molar-refractivity contribution < 1.29 is 9.59 Å². The number of rotatable bonds is 4. The van der Waals surface area contributed by atoms with E-state index in [4.69, 9.17) is 0 Å². The van der Waals surface area contributed by atoms with Crippen LogP contribution >= 0.6 is 0 Å². The van der Waals surface area contributed by atoms with E-state index in [0.29, 0.717) is 24.6 Å². The lowest BCUT2D eigenvalue weighted by molar-refractivity contribution is -0.140. The number of nitrogens with zero attached hydrogens (tertiary/aromatic N) is 2. The molecule has 4 rings (SSSR count). The Labute approximate surface area is 154 Å². The highest BCUT2D eigenvalue weighted by atomic mass is 16.2. The van der Waals surface area contributed by atoms with Gasteiger partial charge < -0.3 is 14.8 Å². The molecule has 5 nitrogen and oxygen atoms in total. The molecular weight excluding hydrogens is 326 g/mol. The van der Waals surface area contributed by atoms with Gasteiger partial charge in [-0.25, -0.2) is 0 Å². The van der Waals surface area contributed by atoms with E-state index >= 15 is 0 Å². The van der Waals surface area contributed by atoms with Gasteiger partial charge in [0.15, 0.2) is 0 Å². The zero-order valence-electron chi connectivity index (χ0n) is 14.9. The Bertz CT molecular complexity index is 757. The number of likely N-dealkylation sites (tertiary alicyclic amines) is 2. The lowest BCUT2D eigenvalue weighted by atomic mass is 9.83. The Morgan fingerprint density at radius 2 is 1.96 bits per heavy atom. The molecule has 2 saturated heterocycles. The third-order valence-corrected chi connectivity index (χ3v) is 5.74. The van der Waals surface area contributed by atoms with Crippen LogP contribution in [0.25, 0.3) is 0 Å². The van der Waals surface area contributed by atoms with E-state index in [1.54, 1.807) is 6.20 Å². The van der Waals surface area contributed by atoms with E-state index in [9.17, 15) is 9.59 Å². The van der Waals surface area contributed by atoms with Crippen molar-refractivity contribution >= 4 is 11.8 Å². The molecule has 136 valence electrons. The van der Waals surface area contributed by atoms with Crippen molar-refractivity contribution in [3.05, 3.63) is 59.9 Å². The van der Waals surface area contributed by atoms with Gasteiger partial charge in [0, 0.05) is 38.3 Å². The fourth-order valence-electron chi connectivity index (χ4n) is 4.35. The molecule has 0 spiro atoms. The number of aromatic nitrogens is 1. The van der Waals surface area contributed by atoms with Crippen LogP contribution in [0.2, 0.25) is 0 Å². The van der Waals surface area contributed by atoms with E-state index in [0.717, 1.165) is 32.4 Å². The molecule has 5 heteroatoms. The van der Waals surface area contributed by atoms with Gasteiger partial charge in [-0.05, 0) is 42.9 Å². The normalized spacial score (nSPS) is 23.0. The molecule has 2 atom stereocenters. The molecule has 3 heterocycles. The second kappa shape index (κ2) is 7.36. The van der Waals surface area contributed by atoms with Crippen LogP contribution < -0.4 is 0 Å². The van der Waals surface area contributed by atoms with E-state index in [-0.39, 0.29) is 17.9 Å². The van der Waals surface area contributed by atoms with Crippen molar-refractivity contribution in [2.75, 3.05) is 19.6 Å². The molecule has 0 unspecified atom stereocenters. The first kappa shape index (κ1) is 16.9. The molecule has 2 amide bonds. The lowest BCUT2D eigenvalue weighted by Crippen LogP contribution is -2.57. The van der Waals surface area contributed by atoms with E-state index in [1.165, 1.54) is 5.56 Å². The summed E-state index contributed by atoms with van der Waals surface area (Å²) in [5, 5.41) is 0. The number of nitrogens with one attached hydrogen (secondary N) is 1. The maximum Gasteiger partial charge on any atom is 0.270 e. The summed E-state index contributed by atoms with van der Waals surface area (Å²) in [7, 11) is 0. The molecule has 2 fully saturated rings. The number of amides is 2. The van der Waals surface area contributed by atoms with Crippen molar-refractivity contribution in [2.24, 2.45) is 5.92 Å². The first-order valence-corrected chi connectivity index (χ1v) is 9.48. The quantitative estimate of drug-likeness (QED) is 0.921. The Morgan fingerprint density at radius 1 is 1.12 bits per heavy atom. The molecule has 2 aromatic rings. The molecule has 1 N–H and O–H groups in total. The number of aromatic amines is 1. The Hall–Kier alpha value is -2.56. The number of carbonyl (C=O) groups excluding carboxylic acids is 2. The Kier molecular flexibility index (Phi) is 4.78. The molecular formula is C21H25N3O2. The van der Waals surface area contributed by atoms with Gasteiger partial charge in [0.1, 0.15) is 5.69 Å². The summed E-state index contributed by atoms with van der Waals surface area (Å²) in [6.45, 7) is 2.24. The summed E-state index contributed by atoms with van der Waals surface area (Å²) in [6.07, 6.45) is 5.03. The van der Waals surface area contributed by atoms with Crippen LogP contribution in [-0.4, -0.2) is 52.3 Å². The number of fused-ring (bicyclic) bond motifs is 1. The molecule has 1 aromatic heterocycles. The third-order valence-electron chi connectivity index (χ3n) is 5.74. The fraction of sp³-hybridized carbons (Fsp3) is 0.429. The van der Waals surface area contributed by atoms with Gasteiger partial charge in [0.25, 0.3) is 5.91 Å². The topological polar surface area (TPSA) is 56.4 Å². The summed E-state index contributed by atoms with van der Waals surface area (Å²) in [5.74, 6) is 0.726. The molecule has 1 aromatic carbocycles. The Morgan fingerprint density at radius 3 is 2.73 bits per heavy atom. The van der Waals surface area contributed by atoms with Crippen molar-refractivity contribution in [1.82, 2.24) is 14.8 Å². The summed E-state index contributed by atoms with van der Waals surface area (Å²) < 4.78 is 0. The van der Waals surface area contributed by atoms with Crippen LogP contribution in [0.3, 0.4) is 0 Å². The van der Waals surface area contributed by atoms with Gasteiger partial charge in [0.2, 0.25) is 5.91 Å². The molecule has 2 aliphatic rings. The number of piperidine rings is 2. The van der Waals surface area contributed by atoms with Crippen molar-refractivity contribution in [3.63, 3.8) is 0 Å². The largest absolute Gasteiger partial charge is 0.357 e. The van der Waals surface area contributed by atoms with Gasteiger partial charge in [-0.1, -0.05) is 30.3 Å². The van der Waals surface area contributed by atoms with Gasteiger partial charge in [-0.3, -0.25) is 9.59 Å². The van der Waals surface area contributed by atoms with Gasteiger partial charge in [0.05, 0.1) is 0 Å². The molecule has 0 aliphatic carbocycles. The highest BCUT2D eigenvalue weighted by molar-refractivity contribution is 5.92. The van der Waals surface area contributed by atoms with Crippen LogP contribution in [-0.2, 0) is 11.2 Å². The van der Waals surface area contributed by atoms with E-state index in [1.807, 2.05) is 35.2 Å². The first-order valence-electron chi connectivity index (χ1n) is 9.48. The van der Waals surface area contributed by atoms with Gasteiger partial charge >= 0.3 is 0 Å². The molecule has 26 heavy (non-hydrogen) atoms. The SMILES string of the molecule is O=C(c1ccc[nH]1)N1CC[C@@H]2[C@@H](CCC(=O)N2CCc2ccccc2)C1. The van der Waals surface area contributed by atoms with E-state index < -0.39 is 0 Å². The average Bonchev–Trinajstić information content (AvgIpc) is 3.22. The summed E-state index contributed by atoms with van der Waals surface area (Å²) in [5.41, 5.74) is 1.91. The van der Waals surface area contributed by atoms with Crippen LogP contribution in [0.1, 0.15) is 35.3 Å². The minimum Gasteiger partial charge on any atom is -0.357 e. The van der Waals surface area contributed by atoms with Crippen LogP contribution in [0, 0.1) is 5.92 Å². The lowest BCUT2D eigenvalue weighted by Gasteiger charge is -2.47. The highest BCUT2D eigenvalue weighted by Crippen LogP contribution is 2.32. The smallest absolute Gasteiger partial charge is 0.270 e. The maximum atomic E-state index is 12.6. The number of benzene rings is 1. The minimum absolute atomic E-state index is 0.0705. The van der Waals surface area contributed by atoms with Crippen LogP contribution in [0.5, 0.6) is 0 Å². The zero-order chi connectivity index (χ0) is 17.9. The monoisotopic (exact) mass is 351 g/mol. The second-order valence-corrected chi connectivity index (χ2v) is 7.31. The average molecular weight is 351 g/mol. The second-order valence-electron chi connectivity index (χ2n) is 7.31. The minimum atomic E-state index is 0.0705. The Balaban J connectivity index is 1.41. The predicted octanol–water partition coefficient (Wildman–Crippen LogP) is 2.71. The molecule has 2 aliphatic heterocycles. The first-order chi connectivity index (χ1) is 12.7. The number of hydrogen-bond donors (Lipinski definition) is 1. The maximum absolute atomic E-state index is 12.6. The summed E-state index contributed by atoms with van der Waals surface area (Å²) >= 11 is 0. The zero-order valence-corrected chi connectivity index (χ0v) is 14.9. The standard InChI is InChI=1S/C21H25N3O2/c25-20-9-8-17-15-23(21(26)18-7-4-12-22-18)13-11-19(17)24(20)14-10-16-5-2-1-3-6-16/h1-7,12,17,19,22H,8-11,13-15H2/t17-,19+/m0/s1.